The smallest absolute Gasteiger partial charge is 0.207 e. The fraction of sp³-hybridized carbons (Fsp3) is 0. The molecule has 0 N–H and O–H groups in total. The summed E-state index contributed by atoms with van der Waals surface area (Å²) in [6.07, 6.45) is 0. The van der Waals surface area contributed by atoms with Crippen LogP contribution in [0.3, 0.4) is 0 Å². The lowest BCUT2D eigenvalue weighted by atomic mass is 10.1. The van der Waals surface area contributed by atoms with Gasteiger partial charge in [0.2, 0.25) is 34.8 Å². The van der Waals surface area contributed by atoms with Crippen molar-refractivity contribution in [3.63, 3.8) is 0 Å². The molecule has 0 aliphatic carbocycles. The Bertz CT molecular complexity index is 873. The molecule has 0 saturated heterocycles. The van der Waals surface area contributed by atoms with Crippen LogP contribution in [0, 0.1) is 51.7 Å². The first kappa shape index (κ1) is 16.5. The van der Waals surface area contributed by atoms with Gasteiger partial charge in [-0.2, -0.15) is 19.3 Å². The second-order valence-electron chi connectivity index (χ2n) is 4.05. The van der Waals surface area contributed by atoms with Gasteiger partial charge in [-0.3, -0.25) is 0 Å². The highest BCUT2D eigenvalue weighted by molar-refractivity contribution is 6.32. The number of hydrogen-bond acceptors (Lipinski definition) is 3. The van der Waals surface area contributed by atoms with Gasteiger partial charge < -0.3 is 4.74 Å². The molecule has 0 fully saturated rings. The molecule has 3 nitrogen and oxygen atoms in total. The highest BCUT2D eigenvalue weighted by Crippen LogP contribution is 2.36. The maximum Gasteiger partial charge on any atom is 0.207 e. The van der Waals surface area contributed by atoms with Gasteiger partial charge in [0, 0.05) is 6.07 Å². The molecule has 9 heteroatoms. The van der Waals surface area contributed by atoms with Crippen LogP contribution in [0.4, 0.5) is 22.0 Å². The van der Waals surface area contributed by atoms with E-state index in [-0.39, 0.29) is 16.1 Å². The molecule has 0 aromatic heterocycles. The largest absolute Gasteiger partial charge is 0.449 e. The summed E-state index contributed by atoms with van der Waals surface area (Å²) < 4.78 is 70.9. The van der Waals surface area contributed by atoms with Crippen molar-refractivity contribution in [1.82, 2.24) is 0 Å². The number of hydrogen-bond donors (Lipinski definition) is 0. The molecule has 23 heavy (non-hydrogen) atoms. The number of benzene rings is 2. The third-order valence-corrected chi connectivity index (χ3v) is 2.99. The number of ether oxygens (including phenoxy) is 1. The maximum atomic E-state index is 13.5. The predicted octanol–water partition coefficient (Wildman–Crippen LogP) is 4.57. The molecule has 0 spiro atoms. The molecule has 0 atom stereocenters. The van der Waals surface area contributed by atoms with E-state index in [0.29, 0.717) is 0 Å². The van der Waals surface area contributed by atoms with Gasteiger partial charge in [0.15, 0.2) is 0 Å². The average Bonchev–Trinajstić information content (AvgIpc) is 2.55. The third kappa shape index (κ3) is 2.77. The lowest BCUT2D eigenvalue weighted by Gasteiger charge is -2.11. The van der Waals surface area contributed by atoms with Gasteiger partial charge in [-0.25, -0.2) is 13.2 Å². The number of halogens is 6. The standard InChI is InChI=1S/C14H2ClF5N2O/c15-7-1-5(3-21)6(4-22)2-8(7)23-14-12(19)10(17)9(16)11(18)13(14)20/h1-2H. The molecule has 0 aliphatic heterocycles. The normalized spacial score (nSPS) is 10.1. The van der Waals surface area contributed by atoms with Gasteiger partial charge in [-0.05, 0) is 6.07 Å². The molecule has 0 aliphatic rings. The topological polar surface area (TPSA) is 56.8 Å². The van der Waals surface area contributed by atoms with Crippen molar-refractivity contribution in [2.45, 2.75) is 0 Å². The summed E-state index contributed by atoms with van der Waals surface area (Å²) in [5, 5.41) is 17.3. The molecule has 2 rings (SSSR count). The quantitative estimate of drug-likeness (QED) is 0.455. The Hall–Kier alpha value is -2.84. The van der Waals surface area contributed by atoms with E-state index >= 15 is 0 Å². The van der Waals surface area contributed by atoms with Crippen molar-refractivity contribution in [3.05, 3.63) is 57.4 Å². The fourth-order valence-electron chi connectivity index (χ4n) is 1.60. The molecule has 2 aromatic rings. The number of nitriles is 2. The van der Waals surface area contributed by atoms with E-state index in [4.69, 9.17) is 22.1 Å². The first-order valence-electron chi connectivity index (χ1n) is 5.64. The van der Waals surface area contributed by atoms with Crippen LogP contribution in [0.25, 0.3) is 0 Å². The zero-order chi connectivity index (χ0) is 17.3. The molecule has 2 aromatic carbocycles. The lowest BCUT2D eigenvalue weighted by molar-refractivity contribution is 0.332. The molecular formula is C14H2ClF5N2O. The monoisotopic (exact) mass is 344 g/mol. The van der Waals surface area contributed by atoms with E-state index in [9.17, 15) is 22.0 Å². The summed E-state index contributed by atoms with van der Waals surface area (Å²) in [7, 11) is 0. The number of nitrogens with zero attached hydrogens (tertiary/aromatic N) is 2. The van der Waals surface area contributed by atoms with Gasteiger partial charge in [0.25, 0.3) is 0 Å². The molecule has 0 saturated carbocycles. The first-order chi connectivity index (χ1) is 10.8. The maximum absolute atomic E-state index is 13.5. The van der Waals surface area contributed by atoms with Crippen molar-refractivity contribution < 1.29 is 26.7 Å². The van der Waals surface area contributed by atoms with Crippen LogP contribution in [-0.2, 0) is 0 Å². The Labute approximate surface area is 130 Å². The molecule has 0 amide bonds. The number of rotatable bonds is 2. The summed E-state index contributed by atoms with van der Waals surface area (Å²) in [5.41, 5.74) is -0.405. The van der Waals surface area contributed by atoms with Crippen LogP contribution < -0.4 is 4.74 Å². The van der Waals surface area contributed by atoms with Crippen LogP contribution >= 0.6 is 11.6 Å². The van der Waals surface area contributed by atoms with Crippen LogP contribution in [0.2, 0.25) is 5.02 Å². The van der Waals surface area contributed by atoms with E-state index in [2.05, 4.69) is 4.74 Å². The van der Waals surface area contributed by atoms with Crippen LogP contribution in [0.1, 0.15) is 11.1 Å². The van der Waals surface area contributed by atoms with Crippen molar-refractivity contribution in [3.8, 4) is 23.6 Å². The van der Waals surface area contributed by atoms with Gasteiger partial charge >= 0.3 is 0 Å². The minimum absolute atomic E-state index is 0.151. The van der Waals surface area contributed by atoms with E-state index < -0.39 is 40.6 Å². The Morgan fingerprint density at radius 1 is 0.783 bits per heavy atom. The Morgan fingerprint density at radius 2 is 1.22 bits per heavy atom. The van der Waals surface area contributed by atoms with E-state index in [1.165, 1.54) is 0 Å². The Morgan fingerprint density at radius 3 is 1.70 bits per heavy atom. The lowest BCUT2D eigenvalue weighted by Crippen LogP contribution is -2.04. The molecule has 0 radical (unpaired) electrons. The summed E-state index contributed by atoms with van der Waals surface area (Å²) in [4.78, 5) is 0. The molecule has 0 unspecified atom stereocenters. The summed E-state index contributed by atoms with van der Waals surface area (Å²) in [5.74, 6) is -13.2. The summed E-state index contributed by atoms with van der Waals surface area (Å²) in [6, 6.07) is 5.06. The van der Waals surface area contributed by atoms with E-state index in [1.54, 1.807) is 12.1 Å². The minimum atomic E-state index is -2.34. The average molecular weight is 345 g/mol. The van der Waals surface area contributed by atoms with Crippen LogP contribution in [0.15, 0.2) is 12.1 Å². The van der Waals surface area contributed by atoms with Crippen molar-refractivity contribution in [2.75, 3.05) is 0 Å². The second kappa shape index (κ2) is 6.11. The van der Waals surface area contributed by atoms with Crippen molar-refractivity contribution >= 4 is 11.6 Å². The molecule has 0 heterocycles. The van der Waals surface area contributed by atoms with Crippen molar-refractivity contribution in [2.24, 2.45) is 0 Å². The zero-order valence-corrected chi connectivity index (χ0v) is 11.5. The zero-order valence-electron chi connectivity index (χ0n) is 10.7. The summed E-state index contributed by atoms with van der Waals surface area (Å²) >= 11 is 5.71. The van der Waals surface area contributed by atoms with E-state index in [1.807, 2.05) is 0 Å². The first-order valence-corrected chi connectivity index (χ1v) is 6.02. The SMILES string of the molecule is N#Cc1cc(Cl)c(Oc2c(F)c(F)c(F)c(F)c2F)cc1C#N. The van der Waals surface area contributed by atoms with Crippen LogP contribution in [-0.4, -0.2) is 0 Å². The highest BCUT2D eigenvalue weighted by atomic mass is 35.5. The van der Waals surface area contributed by atoms with Gasteiger partial charge in [-0.1, -0.05) is 11.6 Å². The Balaban J connectivity index is 2.62. The molecular weight excluding hydrogens is 343 g/mol. The Kier molecular flexibility index (Phi) is 4.39. The van der Waals surface area contributed by atoms with Gasteiger partial charge in [-0.15, -0.1) is 0 Å². The third-order valence-electron chi connectivity index (χ3n) is 2.69. The highest BCUT2D eigenvalue weighted by Gasteiger charge is 2.28. The molecule has 116 valence electrons. The summed E-state index contributed by atoms with van der Waals surface area (Å²) in [6.45, 7) is 0. The van der Waals surface area contributed by atoms with Crippen molar-refractivity contribution in [1.29, 1.82) is 10.5 Å². The van der Waals surface area contributed by atoms with Gasteiger partial charge in [0.05, 0.1) is 16.1 Å². The van der Waals surface area contributed by atoms with Crippen LogP contribution in [0.5, 0.6) is 11.5 Å². The van der Waals surface area contributed by atoms with E-state index in [0.717, 1.165) is 12.1 Å². The molecule has 0 bridgehead atoms. The second-order valence-corrected chi connectivity index (χ2v) is 4.46. The minimum Gasteiger partial charge on any atom is -0.449 e. The van der Waals surface area contributed by atoms with Gasteiger partial charge in [0.1, 0.15) is 17.9 Å². The fourth-order valence-corrected chi connectivity index (χ4v) is 1.80. The predicted molar refractivity (Wildman–Crippen MR) is 67.2 cm³/mol.